The molecule has 2 unspecified atom stereocenters. The Morgan fingerprint density at radius 3 is 2.94 bits per heavy atom. The standard InChI is InChI=1S/C15H23FN2/c1-3-17-13-7-6-10-18(11-13)12(2)14-8-4-5-9-15(14)16/h4-5,8-9,12-13,17H,3,6-7,10-11H2,1-2H3. The molecule has 0 aliphatic carbocycles. The van der Waals surface area contributed by atoms with E-state index < -0.39 is 0 Å². The first-order valence-corrected chi connectivity index (χ1v) is 6.94. The van der Waals surface area contributed by atoms with Crippen LogP contribution in [0.1, 0.15) is 38.3 Å². The highest BCUT2D eigenvalue weighted by Crippen LogP contribution is 2.25. The maximum Gasteiger partial charge on any atom is 0.127 e. The Labute approximate surface area is 109 Å². The maximum absolute atomic E-state index is 13.8. The van der Waals surface area contributed by atoms with Gasteiger partial charge in [0.2, 0.25) is 0 Å². The highest BCUT2D eigenvalue weighted by molar-refractivity contribution is 5.20. The van der Waals surface area contributed by atoms with Crippen molar-refractivity contribution in [2.45, 2.75) is 38.8 Å². The molecule has 0 spiro atoms. The average molecular weight is 250 g/mol. The van der Waals surface area contributed by atoms with E-state index in [2.05, 4.69) is 24.1 Å². The molecule has 100 valence electrons. The summed E-state index contributed by atoms with van der Waals surface area (Å²) in [6.07, 6.45) is 2.42. The molecule has 2 atom stereocenters. The molecule has 1 aromatic carbocycles. The van der Waals surface area contributed by atoms with Crippen molar-refractivity contribution in [2.24, 2.45) is 0 Å². The third-order valence-electron chi connectivity index (χ3n) is 3.85. The predicted octanol–water partition coefficient (Wildman–Crippen LogP) is 2.96. The van der Waals surface area contributed by atoms with Gasteiger partial charge in [0, 0.05) is 24.2 Å². The number of rotatable bonds is 4. The van der Waals surface area contributed by atoms with E-state index in [-0.39, 0.29) is 11.9 Å². The zero-order chi connectivity index (χ0) is 13.0. The summed E-state index contributed by atoms with van der Waals surface area (Å²) in [6.45, 7) is 7.33. The van der Waals surface area contributed by atoms with Crippen molar-refractivity contribution >= 4 is 0 Å². The summed E-state index contributed by atoms with van der Waals surface area (Å²) in [4.78, 5) is 2.38. The summed E-state index contributed by atoms with van der Waals surface area (Å²) >= 11 is 0. The number of nitrogens with one attached hydrogen (secondary N) is 1. The molecular formula is C15H23FN2. The molecule has 0 amide bonds. The van der Waals surface area contributed by atoms with Crippen LogP contribution in [0.4, 0.5) is 4.39 Å². The average Bonchev–Trinajstić information content (AvgIpc) is 2.39. The maximum atomic E-state index is 13.8. The van der Waals surface area contributed by atoms with Gasteiger partial charge < -0.3 is 5.32 Å². The van der Waals surface area contributed by atoms with E-state index in [1.54, 1.807) is 12.1 Å². The van der Waals surface area contributed by atoms with Gasteiger partial charge in [-0.3, -0.25) is 4.90 Å². The lowest BCUT2D eigenvalue weighted by molar-refractivity contribution is 0.144. The first-order chi connectivity index (χ1) is 8.72. The van der Waals surface area contributed by atoms with E-state index in [1.807, 2.05) is 12.1 Å². The van der Waals surface area contributed by atoms with Gasteiger partial charge in [0.15, 0.2) is 0 Å². The van der Waals surface area contributed by atoms with Gasteiger partial charge in [-0.15, -0.1) is 0 Å². The minimum absolute atomic E-state index is 0.0874. The van der Waals surface area contributed by atoms with Gasteiger partial charge >= 0.3 is 0 Å². The van der Waals surface area contributed by atoms with Gasteiger partial charge in [-0.25, -0.2) is 4.39 Å². The smallest absolute Gasteiger partial charge is 0.127 e. The summed E-state index contributed by atoms with van der Waals surface area (Å²) in [5, 5.41) is 3.50. The van der Waals surface area contributed by atoms with Gasteiger partial charge in [0.25, 0.3) is 0 Å². The zero-order valence-electron chi connectivity index (χ0n) is 11.3. The van der Waals surface area contributed by atoms with Crippen LogP contribution in [0.2, 0.25) is 0 Å². The zero-order valence-corrected chi connectivity index (χ0v) is 11.3. The van der Waals surface area contributed by atoms with Crippen molar-refractivity contribution in [3.63, 3.8) is 0 Å². The number of hydrogen-bond donors (Lipinski definition) is 1. The summed E-state index contributed by atoms with van der Waals surface area (Å²) in [7, 11) is 0. The fourth-order valence-corrected chi connectivity index (χ4v) is 2.82. The minimum atomic E-state index is -0.0874. The van der Waals surface area contributed by atoms with Crippen LogP contribution in [0.3, 0.4) is 0 Å². The normalized spacial score (nSPS) is 22.9. The summed E-state index contributed by atoms with van der Waals surface area (Å²) < 4.78 is 13.8. The number of likely N-dealkylation sites (N-methyl/N-ethyl adjacent to an activating group) is 1. The van der Waals surface area contributed by atoms with Crippen LogP contribution in [0, 0.1) is 5.82 Å². The number of nitrogens with zero attached hydrogens (tertiary/aromatic N) is 1. The summed E-state index contributed by atoms with van der Waals surface area (Å²) in [5.74, 6) is -0.0874. The lowest BCUT2D eigenvalue weighted by Gasteiger charge is -2.37. The third kappa shape index (κ3) is 3.09. The molecule has 1 aliphatic rings. The molecule has 1 aliphatic heterocycles. The lowest BCUT2D eigenvalue weighted by atomic mass is 10.00. The van der Waals surface area contributed by atoms with Gasteiger partial charge in [-0.05, 0) is 38.9 Å². The van der Waals surface area contributed by atoms with Crippen LogP contribution >= 0.6 is 0 Å². The SMILES string of the molecule is CCNC1CCCN(C(C)c2ccccc2F)C1. The third-order valence-corrected chi connectivity index (χ3v) is 3.85. The first kappa shape index (κ1) is 13.5. The Morgan fingerprint density at radius 2 is 2.22 bits per heavy atom. The van der Waals surface area contributed by atoms with Crippen LogP contribution in [-0.2, 0) is 0 Å². The molecule has 0 radical (unpaired) electrons. The number of likely N-dealkylation sites (tertiary alicyclic amines) is 1. The summed E-state index contributed by atoms with van der Waals surface area (Å²) in [6, 6.07) is 7.84. The molecule has 18 heavy (non-hydrogen) atoms. The minimum Gasteiger partial charge on any atom is -0.313 e. The van der Waals surface area contributed by atoms with Gasteiger partial charge in [-0.1, -0.05) is 25.1 Å². The molecular weight excluding hydrogens is 227 g/mol. The van der Waals surface area contributed by atoms with E-state index in [1.165, 1.54) is 12.8 Å². The molecule has 2 rings (SSSR count). The van der Waals surface area contributed by atoms with E-state index in [9.17, 15) is 4.39 Å². The Hall–Kier alpha value is -0.930. The van der Waals surface area contributed by atoms with Crippen LogP contribution in [0.5, 0.6) is 0 Å². The molecule has 1 heterocycles. The molecule has 1 aromatic rings. The lowest BCUT2D eigenvalue weighted by Crippen LogP contribution is -2.46. The predicted molar refractivity (Wildman–Crippen MR) is 73.1 cm³/mol. The molecule has 2 nitrogen and oxygen atoms in total. The fraction of sp³-hybridized carbons (Fsp3) is 0.600. The quantitative estimate of drug-likeness (QED) is 0.884. The van der Waals surface area contributed by atoms with Crippen molar-refractivity contribution in [1.29, 1.82) is 0 Å². The molecule has 0 aromatic heterocycles. The monoisotopic (exact) mass is 250 g/mol. The molecule has 0 bridgehead atoms. The second-order valence-corrected chi connectivity index (χ2v) is 5.09. The molecule has 1 N–H and O–H groups in total. The Bertz CT molecular complexity index is 379. The van der Waals surface area contributed by atoms with E-state index in [4.69, 9.17) is 0 Å². The van der Waals surface area contributed by atoms with Crippen molar-refractivity contribution in [3.05, 3.63) is 35.6 Å². The first-order valence-electron chi connectivity index (χ1n) is 6.94. The number of halogens is 1. The molecule has 1 saturated heterocycles. The van der Waals surface area contributed by atoms with Crippen molar-refractivity contribution in [1.82, 2.24) is 10.2 Å². The van der Waals surface area contributed by atoms with Crippen molar-refractivity contribution < 1.29 is 4.39 Å². The van der Waals surface area contributed by atoms with E-state index >= 15 is 0 Å². The van der Waals surface area contributed by atoms with Crippen molar-refractivity contribution in [2.75, 3.05) is 19.6 Å². The largest absolute Gasteiger partial charge is 0.313 e. The number of piperidine rings is 1. The fourth-order valence-electron chi connectivity index (χ4n) is 2.82. The molecule has 1 fully saturated rings. The second-order valence-electron chi connectivity index (χ2n) is 5.09. The highest BCUT2D eigenvalue weighted by Gasteiger charge is 2.24. The second kappa shape index (κ2) is 6.30. The summed E-state index contributed by atoms with van der Waals surface area (Å²) in [5.41, 5.74) is 0.814. The molecule has 0 saturated carbocycles. The van der Waals surface area contributed by atoms with E-state index in [0.29, 0.717) is 6.04 Å². The van der Waals surface area contributed by atoms with Gasteiger partial charge in [0.05, 0.1) is 0 Å². The Balaban J connectivity index is 2.04. The van der Waals surface area contributed by atoms with Crippen molar-refractivity contribution in [3.8, 4) is 0 Å². The van der Waals surface area contributed by atoms with Gasteiger partial charge in [0.1, 0.15) is 5.82 Å². The van der Waals surface area contributed by atoms with Gasteiger partial charge in [-0.2, -0.15) is 0 Å². The number of hydrogen-bond acceptors (Lipinski definition) is 2. The highest BCUT2D eigenvalue weighted by atomic mass is 19.1. The topological polar surface area (TPSA) is 15.3 Å². The van der Waals surface area contributed by atoms with E-state index in [0.717, 1.165) is 25.2 Å². The van der Waals surface area contributed by atoms with Crippen LogP contribution < -0.4 is 5.32 Å². The Morgan fingerprint density at radius 1 is 1.44 bits per heavy atom. The van der Waals surface area contributed by atoms with Crippen LogP contribution in [0.25, 0.3) is 0 Å². The van der Waals surface area contributed by atoms with Crippen LogP contribution in [0.15, 0.2) is 24.3 Å². The van der Waals surface area contributed by atoms with Crippen LogP contribution in [-0.4, -0.2) is 30.6 Å². The Kier molecular flexibility index (Phi) is 4.72. The molecule has 3 heteroatoms. The number of benzene rings is 1.